The number of anilines is 2. The lowest BCUT2D eigenvalue weighted by Gasteiger charge is -2.21. The Morgan fingerprint density at radius 1 is 1.33 bits per heavy atom. The Hall–Kier alpha value is -1.92. The molecule has 0 saturated carbocycles. The molecule has 0 bridgehead atoms. The van der Waals surface area contributed by atoms with Crippen LogP contribution in [0.25, 0.3) is 0 Å². The quantitative estimate of drug-likeness (QED) is 0.799. The fourth-order valence-electron chi connectivity index (χ4n) is 1.86. The van der Waals surface area contributed by atoms with Gasteiger partial charge in [0.1, 0.15) is 0 Å². The normalized spacial score (nSPS) is 16.9. The minimum Gasteiger partial charge on any atom is -0.381 e. The van der Waals surface area contributed by atoms with Crippen LogP contribution in [0.3, 0.4) is 0 Å². The summed E-state index contributed by atoms with van der Waals surface area (Å²) in [6, 6.07) is 0.691. The van der Waals surface area contributed by atoms with Crippen molar-refractivity contribution >= 4 is 17.5 Å². The van der Waals surface area contributed by atoms with Crippen molar-refractivity contribution in [3.8, 4) is 0 Å². The fraction of sp³-hybridized carbons (Fsp3) is 0.455. The van der Waals surface area contributed by atoms with Crippen LogP contribution < -0.4 is 10.6 Å². The molecule has 1 aliphatic heterocycles. The van der Waals surface area contributed by atoms with Crippen molar-refractivity contribution in [3.05, 3.63) is 17.7 Å². The highest BCUT2D eigenvalue weighted by Gasteiger charge is 2.23. The zero-order valence-corrected chi connectivity index (χ0v) is 9.99. The first-order valence-electron chi connectivity index (χ1n) is 5.59. The van der Waals surface area contributed by atoms with Crippen LogP contribution in [-0.4, -0.2) is 42.5 Å². The SMILES string of the molecule is CN1CCCN(c2nc(N)c(F)cc2F)CC1=O. The van der Waals surface area contributed by atoms with Crippen LogP contribution in [-0.2, 0) is 4.79 Å². The average molecular weight is 256 g/mol. The Bertz CT molecular complexity index is 480. The minimum atomic E-state index is -0.894. The number of hydrogen-bond donors (Lipinski definition) is 1. The van der Waals surface area contributed by atoms with Crippen LogP contribution in [0.5, 0.6) is 0 Å². The number of likely N-dealkylation sites (N-methyl/N-ethyl adjacent to an activating group) is 1. The average Bonchev–Trinajstić information content (AvgIpc) is 2.47. The van der Waals surface area contributed by atoms with Gasteiger partial charge in [0.15, 0.2) is 23.3 Å². The third kappa shape index (κ3) is 2.34. The van der Waals surface area contributed by atoms with E-state index in [0.717, 1.165) is 0 Å². The number of rotatable bonds is 1. The molecule has 1 aromatic rings. The Balaban J connectivity index is 2.30. The lowest BCUT2D eigenvalue weighted by atomic mass is 10.3. The third-order valence-corrected chi connectivity index (χ3v) is 2.91. The highest BCUT2D eigenvalue weighted by atomic mass is 19.1. The number of amides is 1. The fourth-order valence-corrected chi connectivity index (χ4v) is 1.86. The first-order chi connectivity index (χ1) is 8.49. The van der Waals surface area contributed by atoms with Crippen LogP contribution in [0.2, 0.25) is 0 Å². The van der Waals surface area contributed by atoms with Crippen LogP contribution in [0.4, 0.5) is 20.4 Å². The molecule has 1 aliphatic rings. The Morgan fingerprint density at radius 2 is 2.06 bits per heavy atom. The topological polar surface area (TPSA) is 62.5 Å². The largest absolute Gasteiger partial charge is 0.381 e. The van der Waals surface area contributed by atoms with Crippen molar-refractivity contribution in [2.75, 3.05) is 37.3 Å². The van der Waals surface area contributed by atoms with Gasteiger partial charge in [-0.2, -0.15) is 0 Å². The van der Waals surface area contributed by atoms with E-state index >= 15 is 0 Å². The summed E-state index contributed by atoms with van der Waals surface area (Å²) in [5, 5.41) is 0. The molecule has 1 saturated heterocycles. The van der Waals surface area contributed by atoms with Gasteiger partial charge in [-0.05, 0) is 6.42 Å². The predicted octanol–water partition coefficient (Wildman–Crippen LogP) is 0.610. The van der Waals surface area contributed by atoms with Crippen molar-refractivity contribution in [2.24, 2.45) is 0 Å². The van der Waals surface area contributed by atoms with Gasteiger partial charge in [0.05, 0.1) is 6.54 Å². The van der Waals surface area contributed by atoms with Gasteiger partial charge in [-0.3, -0.25) is 4.79 Å². The van der Waals surface area contributed by atoms with Crippen molar-refractivity contribution in [2.45, 2.75) is 6.42 Å². The molecule has 0 atom stereocenters. The number of nitrogen functional groups attached to an aromatic ring is 1. The molecule has 1 amide bonds. The van der Waals surface area contributed by atoms with Gasteiger partial charge in [0, 0.05) is 26.2 Å². The molecule has 18 heavy (non-hydrogen) atoms. The zero-order chi connectivity index (χ0) is 13.3. The zero-order valence-electron chi connectivity index (χ0n) is 9.99. The first-order valence-corrected chi connectivity index (χ1v) is 5.59. The summed E-state index contributed by atoms with van der Waals surface area (Å²) in [4.78, 5) is 18.4. The molecule has 2 rings (SSSR count). The molecular formula is C11H14F2N4O. The molecule has 98 valence electrons. The van der Waals surface area contributed by atoms with Crippen molar-refractivity contribution in [1.82, 2.24) is 9.88 Å². The molecule has 1 fully saturated rings. The summed E-state index contributed by atoms with van der Waals surface area (Å²) < 4.78 is 26.7. The lowest BCUT2D eigenvalue weighted by Crippen LogP contribution is -2.35. The van der Waals surface area contributed by atoms with Gasteiger partial charge < -0.3 is 15.5 Å². The number of halogens is 2. The summed E-state index contributed by atoms with van der Waals surface area (Å²) >= 11 is 0. The third-order valence-electron chi connectivity index (χ3n) is 2.91. The minimum absolute atomic E-state index is 0.0193. The first kappa shape index (κ1) is 12.5. The number of carbonyl (C=O) groups is 1. The van der Waals surface area contributed by atoms with Gasteiger partial charge in [0.25, 0.3) is 0 Å². The molecule has 0 aliphatic carbocycles. The molecule has 7 heteroatoms. The Kier molecular flexibility index (Phi) is 3.31. The summed E-state index contributed by atoms with van der Waals surface area (Å²) in [5.74, 6) is -2.26. The molecule has 0 spiro atoms. The summed E-state index contributed by atoms with van der Waals surface area (Å²) in [6.45, 7) is 1.10. The summed E-state index contributed by atoms with van der Waals surface area (Å²) in [7, 11) is 1.69. The molecule has 5 nitrogen and oxygen atoms in total. The number of hydrogen-bond acceptors (Lipinski definition) is 4. The van der Waals surface area contributed by atoms with E-state index in [2.05, 4.69) is 4.98 Å². The van der Waals surface area contributed by atoms with Crippen molar-refractivity contribution in [3.63, 3.8) is 0 Å². The van der Waals surface area contributed by atoms with Gasteiger partial charge in [0.2, 0.25) is 5.91 Å². The highest BCUT2D eigenvalue weighted by Crippen LogP contribution is 2.21. The Labute approximate surface area is 103 Å². The van der Waals surface area contributed by atoms with Crippen LogP contribution >= 0.6 is 0 Å². The van der Waals surface area contributed by atoms with E-state index in [1.54, 1.807) is 11.9 Å². The summed E-state index contributed by atoms with van der Waals surface area (Å²) in [5.41, 5.74) is 5.32. The van der Waals surface area contributed by atoms with Crippen molar-refractivity contribution in [1.29, 1.82) is 0 Å². The molecular weight excluding hydrogens is 242 g/mol. The predicted molar refractivity (Wildman–Crippen MR) is 63.0 cm³/mol. The maximum atomic E-state index is 13.6. The molecule has 2 N–H and O–H groups in total. The van der Waals surface area contributed by atoms with E-state index in [1.165, 1.54) is 4.90 Å². The van der Waals surface area contributed by atoms with Gasteiger partial charge in [-0.15, -0.1) is 0 Å². The number of pyridine rings is 1. The second-order valence-electron chi connectivity index (χ2n) is 4.25. The monoisotopic (exact) mass is 256 g/mol. The van der Waals surface area contributed by atoms with E-state index in [4.69, 9.17) is 5.73 Å². The highest BCUT2D eigenvalue weighted by molar-refractivity contribution is 5.81. The van der Waals surface area contributed by atoms with Gasteiger partial charge >= 0.3 is 0 Å². The van der Waals surface area contributed by atoms with Crippen molar-refractivity contribution < 1.29 is 13.6 Å². The lowest BCUT2D eigenvalue weighted by molar-refractivity contribution is -0.127. The second-order valence-corrected chi connectivity index (χ2v) is 4.25. The molecule has 0 radical (unpaired) electrons. The molecule has 0 aromatic carbocycles. The summed E-state index contributed by atoms with van der Waals surface area (Å²) in [6.07, 6.45) is 0.695. The second kappa shape index (κ2) is 4.75. The number of carbonyl (C=O) groups excluding carboxylic acids is 1. The van der Waals surface area contributed by atoms with E-state index in [-0.39, 0.29) is 24.1 Å². The van der Waals surface area contributed by atoms with E-state index in [1.807, 2.05) is 0 Å². The van der Waals surface area contributed by atoms with E-state index in [9.17, 15) is 13.6 Å². The number of aromatic nitrogens is 1. The maximum Gasteiger partial charge on any atom is 0.241 e. The molecule has 2 heterocycles. The number of nitrogens with two attached hydrogens (primary N) is 1. The van der Waals surface area contributed by atoms with Crippen LogP contribution in [0.1, 0.15) is 6.42 Å². The van der Waals surface area contributed by atoms with E-state index < -0.39 is 11.6 Å². The standard InChI is InChI=1S/C11H14F2N4O/c1-16-3-2-4-17(6-9(16)18)11-8(13)5-7(12)10(14)15-11/h5H,2-4,6H2,1H3,(H2,14,15). The smallest absolute Gasteiger partial charge is 0.241 e. The number of nitrogens with zero attached hydrogens (tertiary/aromatic N) is 3. The van der Waals surface area contributed by atoms with Crippen LogP contribution in [0.15, 0.2) is 6.07 Å². The van der Waals surface area contributed by atoms with Crippen LogP contribution in [0, 0.1) is 11.6 Å². The Morgan fingerprint density at radius 3 is 2.78 bits per heavy atom. The van der Waals surface area contributed by atoms with Gasteiger partial charge in [-0.25, -0.2) is 13.8 Å². The molecule has 0 unspecified atom stereocenters. The van der Waals surface area contributed by atoms with Gasteiger partial charge in [-0.1, -0.05) is 0 Å². The molecule has 1 aromatic heterocycles. The maximum absolute atomic E-state index is 13.6. The van der Waals surface area contributed by atoms with E-state index in [0.29, 0.717) is 25.6 Å².